The van der Waals surface area contributed by atoms with Gasteiger partial charge in [-0.1, -0.05) is 155 Å². The van der Waals surface area contributed by atoms with Crippen LogP contribution in [0.25, 0.3) is 0 Å². The molecule has 0 radical (unpaired) electrons. The molecule has 0 amide bonds. The van der Waals surface area contributed by atoms with Gasteiger partial charge in [-0.2, -0.15) is 8.42 Å². The van der Waals surface area contributed by atoms with Gasteiger partial charge in [-0.15, -0.1) is 0 Å². The summed E-state index contributed by atoms with van der Waals surface area (Å²) in [5.41, 5.74) is 0. The fourth-order valence-electron chi connectivity index (χ4n) is 6.44. The molecule has 13 heteroatoms. The van der Waals surface area contributed by atoms with Gasteiger partial charge >= 0.3 is 11.9 Å². The molecule has 0 aromatic heterocycles. The van der Waals surface area contributed by atoms with Crippen molar-refractivity contribution in [1.29, 1.82) is 0 Å². The van der Waals surface area contributed by atoms with Gasteiger partial charge in [0.15, 0.2) is 12.4 Å². The standard InChI is InChI=1S/C39H74O12S/c1-3-5-7-9-11-13-15-16-17-18-20-21-23-25-27-34(40)48-29-32(50-35(41)28-26-24-22-19-14-12-10-8-6-4-2)30-49-39-38(44)37(43)36(42)33(51-39)31-52(45,46)47/h32-33,36-39,42-44H,3-31H2,1-2H3,(H,45,46,47)/t32-,33-,36-,37?,38?,39+/m1/s1. The van der Waals surface area contributed by atoms with E-state index in [9.17, 15) is 37.9 Å². The van der Waals surface area contributed by atoms with Crippen molar-refractivity contribution in [2.45, 2.75) is 218 Å². The van der Waals surface area contributed by atoms with Crippen molar-refractivity contribution in [1.82, 2.24) is 0 Å². The molecule has 4 N–H and O–H groups in total. The zero-order valence-electron chi connectivity index (χ0n) is 32.4. The van der Waals surface area contributed by atoms with E-state index in [4.69, 9.17) is 18.9 Å². The highest BCUT2D eigenvalue weighted by Crippen LogP contribution is 2.24. The zero-order chi connectivity index (χ0) is 38.5. The van der Waals surface area contributed by atoms with Crippen molar-refractivity contribution in [3.63, 3.8) is 0 Å². The van der Waals surface area contributed by atoms with Gasteiger partial charge in [0.25, 0.3) is 10.1 Å². The Morgan fingerprint density at radius 2 is 0.981 bits per heavy atom. The Balaban J connectivity index is 2.47. The number of hydrogen-bond donors (Lipinski definition) is 4. The molecule has 1 aliphatic heterocycles. The van der Waals surface area contributed by atoms with E-state index in [1.807, 2.05) is 0 Å². The number of aliphatic hydroxyl groups is 3. The van der Waals surface area contributed by atoms with Crippen LogP contribution in [0.5, 0.6) is 0 Å². The molecule has 12 nitrogen and oxygen atoms in total. The first-order valence-corrected chi connectivity index (χ1v) is 22.2. The lowest BCUT2D eigenvalue weighted by molar-refractivity contribution is -0.297. The minimum atomic E-state index is -4.59. The molecule has 0 aliphatic carbocycles. The molecule has 308 valence electrons. The summed E-state index contributed by atoms with van der Waals surface area (Å²) in [4.78, 5) is 25.2. The summed E-state index contributed by atoms with van der Waals surface area (Å²) >= 11 is 0. The van der Waals surface area contributed by atoms with E-state index >= 15 is 0 Å². The Morgan fingerprint density at radius 1 is 0.577 bits per heavy atom. The molecular formula is C39H74O12S. The van der Waals surface area contributed by atoms with Crippen LogP contribution in [0.2, 0.25) is 0 Å². The lowest BCUT2D eigenvalue weighted by Crippen LogP contribution is -2.60. The lowest BCUT2D eigenvalue weighted by atomic mass is 10.00. The van der Waals surface area contributed by atoms with Crippen LogP contribution in [-0.2, 0) is 38.7 Å². The van der Waals surface area contributed by atoms with E-state index in [2.05, 4.69) is 13.8 Å². The first-order valence-electron chi connectivity index (χ1n) is 20.6. The first-order chi connectivity index (χ1) is 25.0. The SMILES string of the molecule is CCCCCCCCCCCCCCCCC(=O)OC[C@H](CO[C@H]1O[C@H](CS(=O)(=O)O)[C@@H](O)C(O)C1O)OC(=O)CCCCCCCCCCCC. The van der Waals surface area contributed by atoms with Crippen LogP contribution in [0.1, 0.15) is 181 Å². The van der Waals surface area contributed by atoms with E-state index in [0.29, 0.717) is 12.8 Å². The van der Waals surface area contributed by atoms with Gasteiger partial charge in [0.1, 0.15) is 36.8 Å². The number of unbranched alkanes of at least 4 members (excludes halogenated alkanes) is 22. The molecule has 52 heavy (non-hydrogen) atoms. The van der Waals surface area contributed by atoms with Gasteiger partial charge in [0.05, 0.1) is 6.61 Å². The van der Waals surface area contributed by atoms with E-state index in [1.165, 1.54) is 103 Å². The monoisotopic (exact) mass is 766 g/mol. The number of esters is 2. The molecule has 1 fully saturated rings. The summed E-state index contributed by atoms with van der Waals surface area (Å²) in [7, 11) is -4.59. The van der Waals surface area contributed by atoms with Gasteiger partial charge in [-0.25, -0.2) is 0 Å². The lowest BCUT2D eigenvalue weighted by Gasteiger charge is -2.40. The number of rotatable bonds is 34. The molecule has 1 aliphatic rings. The first kappa shape index (κ1) is 48.7. The summed E-state index contributed by atoms with van der Waals surface area (Å²) in [6.45, 7) is 3.73. The summed E-state index contributed by atoms with van der Waals surface area (Å²) < 4.78 is 53.8. The van der Waals surface area contributed by atoms with Crippen LogP contribution in [0.4, 0.5) is 0 Å². The Morgan fingerprint density at radius 3 is 1.40 bits per heavy atom. The Labute approximate surface area is 314 Å². The van der Waals surface area contributed by atoms with Crippen molar-refractivity contribution in [2.75, 3.05) is 19.0 Å². The smallest absolute Gasteiger partial charge is 0.306 e. The summed E-state index contributed by atoms with van der Waals surface area (Å²) in [5.74, 6) is -1.97. The van der Waals surface area contributed by atoms with Crippen molar-refractivity contribution in [2.24, 2.45) is 0 Å². The van der Waals surface area contributed by atoms with Gasteiger partial charge in [-0.05, 0) is 12.8 Å². The van der Waals surface area contributed by atoms with Gasteiger partial charge in [-0.3, -0.25) is 14.1 Å². The largest absolute Gasteiger partial charge is 0.462 e. The highest BCUT2D eigenvalue weighted by Gasteiger charge is 2.46. The number of carbonyl (C=O) groups is 2. The fourth-order valence-corrected chi connectivity index (χ4v) is 7.13. The van der Waals surface area contributed by atoms with Gasteiger partial charge < -0.3 is 34.3 Å². The van der Waals surface area contributed by atoms with Crippen molar-refractivity contribution in [3.8, 4) is 0 Å². The topological polar surface area (TPSA) is 186 Å². The third kappa shape index (κ3) is 25.6. The van der Waals surface area contributed by atoms with E-state index in [0.717, 1.165) is 38.5 Å². The molecule has 1 heterocycles. The Hall–Kier alpha value is -1.35. The molecule has 1 rings (SSSR count). The normalized spacial score (nSPS) is 21.2. The number of aliphatic hydroxyl groups excluding tert-OH is 3. The molecule has 1 saturated heterocycles. The molecule has 2 unspecified atom stereocenters. The minimum absolute atomic E-state index is 0.171. The average Bonchev–Trinajstić information content (AvgIpc) is 3.10. The van der Waals surface area contributed by atoms with Gasteiger partial charge in [0.2, 0.25) is 0 Å². The Kier molecular flexibility index (Phi) is 28.9. The average molecular weight is 767 g/mol. The second-order valence-corrected chi connectivity index (χ2v) is 16.2. The van der Waals surface area contributed by atoms with Crippen LogP contribution in [0, 0.1) is 0 Å². The number of hydrogen-bond acceptors (Lipinski definition) is 11. The predicted octanol–water partition coefficient (Wildman–Crippen LogP) is 7.34. The van der Waals surface area contributed by atoms with Crippen molar-refractivity contribution < 1.29 is 56.8 Å². The molecule has 0 aromatic carbocycles. The third-order valence-corrected chi connectivity index (χ3v) is 10.4. The second kappa shape index (κ2) is 30.9. The quantitative estimate of drug-likeness (QED) is 0.0291. The highest BCUT2D eigenvalue weighted by molar-refractivity contribution is 7.85. The van der Waals surface area contributed by atoms with Crippen molar-refractivity contribution >= 4 is 22.1 Å². The summed E-state index contributed by atoms with van der Waals surface area (Å²) in [6.07, 6.45) is 18.8. The molecule has 0 spiro atoms. The van der Waals surface area contributed by atoms with Crippen LogP contribution >= 0.6 is 0 Å². The highest BCUT2D eigenvalue weighted by atomic mass is 32.2. The predicted molar refractivity (Wildman–Crippen MR) is 201 cm³/mol. The molecule has 0 bridgehead atoms. The van der Waals surface area contributed by atoms with E-state index < -0.39 is 71.2 Å². The van der Waals surface area contributed by atoms with Crippen LogP contribution in [0.15, 0.2) is 0 Å². The van der Waals surface area contributed by atoms with Crippen LogP contribution in [-0.4, -0.2) is 96.0 Å². The second-order valence-electron chi connectivity index (χ2n) is 14.7. The Bertz CT molecular complexity index is 994. The third-order valence-electron chi connectivity index (χ3n) is 9.69. The maximum atomic E-state index is 12.7. The molecular weight excluding hydrogens is 692 g/mol. The summed E-state index contributed by atoms with van der Waals surface area (Å²) in [5, 5.41) is 30.7. The van der Waals surface area contributed by atoms with Crippen LogP contribution in [0.3, 0.4) is 0 Å². The van der Waals surface area contributed by atoms with E-state index in [1.54, 1.807) is 0 Å². The summed E-state index contributed by atoms with van der Waals surface area (Å²) in [6, 6.07) is 0. The molecule has 6 atom stereocenters. The zero-order valence-corrected chi connectivity index (χ0v) is 33.2. The van der Waals surface area contributed by atoms with Gasteiger partial charge in [0, 0.05) is 12.8 Å². The van der Waals surface area contributed by atoms with Crippen molar-refractivity contribution in [3.05, 3.63) is 0 Å². The fraction of sp³-hybridized carbons (Fsp3) is 0.949. The molecule has 0 aromatic rings. The number of ether oxygens (including phenoxy) is 4. The molecule has 0 saturated carbocycles. The minimum Gasteiger partial charge on any atom is -0.462 e. The van der Waals surface area contributed by atoms with Crippen LogP contribution < -0.4 is 0 Å². The maximum absolute atomic E-state index is 12.7. The van der Waals surface area contributed by atoms with E-state index in [-0.39, 0.29) is 19.4 Å². The maximum Gasteiger partial charge on any atom is 0.306 e. The number of carbonyl (C=O) groups excluding carboxylic acids is 2.